The Bertz CT molecular complexity index is 1050. The molecule has 0 atom stereocenters. The molecule has 0 spiro atoms. The molecule has 1 heterocycles. The smallest absolute Gasteiger partial charge is 0.120 e. The molecule has 0 aliphatic heterocycles. The van der Waals surface area contributed by atoms with Gasteiger partial charge in [-0.3, -0.25) is 0 Å². The van der Waals surface area contributed by atoms with Gasteiger partial charge in [-0.05, 0) is 59.7 Å². The zero-order valence-corrected chi connectivity index (χ0v) is 15.8. The molecule has 2 nitrogen and oxygen atoms in total. The van der Waals surface area contributed by atoms with Gasteiger partial charge in [0.25, 0.3) is 0 Å². The lowest BCUT2D eigenvalue weighted by Crippen LogP contribution is -1.95. The number of benzene rings is 3. The van der Waals surface area contributed by atoms with Crippen molar-refractivity contribution in [3.63, 3.8) is 0 Å². The second kappa shape index (κ2) is 7.22. The third kappa shape index (κ3) is 3.44. The minimum atomic E-state index is 0.552. The molecule has 4 rings (SSSR count). The summed E-state index contributed by atoms with van der Waals surface area (Å²) >= 11 is 3.48. The average Bonchev–Trinajstić information content (AvgIpc) is 3.10. The molecule has 0 radical (unpaired) electrons. The number of rotatable bonds is 5. The van der Waals surface area contributed by atoms with Crippen molar-refractivity contribution >= 4 is 32.9 Å². The highest BCUT2D eigenvalue weighted by Gasteiger charge is 2.05. The molecule has 0 amide bonds. The Hall–Kier alpha value is -2.78. The van der Waals surface area contributed by atoms with E-state index >= 15 is 0 Å². The van der Waals surface area contributed by atoms with Gasteiger partial charge in [-0.2, -0.15) is 0 Å². The molecule has 0 saturated carbocycles. The highest BCUT2D eigenvalue weighted by atomic mass is 79.9. The van der Waals surface area contributed by atoms with Crippen LogP contribution in [0.5, 0.6) is 5.75 Å². The van der Waals surface area contributed by atoms with E-state index in [9.17, 15) is 0 Å². The predicted octanol–water partition coefficient (Wildman–Crippen LogP) is 6.62. The molecule has 4 aromatic rings. The number of aromatic nitrogens is 1. The van der Waals surface area contributed by atoms with Crippen molar-refractivity contribution in [1.82, 2.24) is 4.57 Å². The molecule has 3 heteroatoms. The van der Waals surface area contributed by atoms with E-state index in [0.717, 1.165) is 37.9 Å². The molecule has 3 aromatic carbocycles. The van der Waals surface area contributed by atoms with Crippen LogP contribution in [0.2, 0.25) is 0 Å². The van der Waals surface area contributed by atoms with E-state index in [4.69, 9.17) is 4.74 Å². The highest BCUT2D eigenvalue weighted by molar-refractivity contribution is 9.10. The van der Waals surface area contributed by atoms with Gasteiger partial charge < -0.3 is 9.30 Å². The van der Waals surface area contributed by atoms with Gasteiger partial charge in [0, 0.05) is 21.7 Å². The van der Waals surface area contributed by atoms with Crippen LogP contribution in [-0.4, -0.2) is 4.57 Å². The monoisotopic (exact) mass is 403 g/mol. The first kappa shape index (κ1) is 16.7. The van der Waals surface area contributed by atoms with Gasteiger partial charge in [-0.15, -0.1) is 0 Å². The summed E-state index contributed by atoms with van der Waals surface area (Å²) in [6.07, 6.45) is 3.93. The minimum absolute atomic E-state index is 0.552. The Morgan fingerprint density at radius 3 is 2.42 bits per heavy atom. The normalized spacial score (nSPS) is 10.8. The number of ether oxygens (including phenoxy) is 1. The van der Waals surface area contributed by atoms with Gasteiger partial charge in [0.05, 0.1) is 5.52 Å². The number of hydrogen-bond donors (Lipinski definition) is 0. The van der Waals surface area contributed by atoms with Crippen molar-refractivity contribution in [3.05, 3.63) is 101 Å². The Labute approximate surface area is 161 Å². The van der Waals surface area contributed by atoms with Crippen LogP contribution in [0.1, 0.15) is 11.1 Å². The van der Waals surface area contributed by atoms with Crippen LogP contribution in [0.3, 0.4) is 0 Å². The van der Waals surface area contributed by atoms with Crippen molar-refractivity contribution in [2.24, 2.45) is 0 Å². The molecule has 0 N–H and O–H groups in total. The quantitative estimate of drug-likeness (QED) is 0.365. The zero-order chi connectivity index (χ0) is 17.9. The summed E-state index contributed by atoms with van der Waals surface area (Å²) in [6.45, 7) is 4.33. The third-order valence-corrected chi connectivity index (χ3v) is 4.92. The second-order valence-corrected chi connectivity index (χ2v) is 7.03. The molecular weight excluding hydrogens is 386 g/mol. The van der Waals surface area contributed by atoms with Crippen LogP contribution in [-0.2, 0) is 6.61 Å². The van der Waals surface area contributed by atoms with E-state index in [1.807, 2.05) is 24.3 Å². The predicted molar refractivity (Wildman–Crippen MR) is 112 cm³/mol. The van der Waals surface area contributed by atoms with Crippen LogP contribution in [0.25, 0.3) is 22.7 Å². The summed E-state index contributed by atoms with van der Waals surface area (Å²) in [5, 5.41) is 1.16. The second-order valence-electron chi connectivity index (χ2n) is 6.12. The van der Waals surface area contributed by atoms with E-state index in [-0.39, 0.29) is 0 Å². The van der Waals surface area contributed by atoms with Gasteiger partial charge in [-0.1, -0.05) is 52.9 Å². The first-order chi connectivity index (χ1) is 12.7. The maximum atomic E-state index is 5.96. The molecule has 0 fully saturated rings. The molecular formula is C23H18BrNO. The van der Waals surface area contributed by atoms with Crippen LogP contribution in [0, 0.1) is 0 Å². The van der Waals surface area contributed by atoms with Crippen molar-refractivity contribution in [2.45, 2.75) is 6.61 Å². The van der Waals surface area contributed by atoms with E-state index in [1.54, 1.807) is 0 Å². The summed E-state index contributed by atoms with van der Waals surface area (Å²) in [5.41, 5.74) is 4.56. The van der Waals surface area contributed by atoms with Gasteiger partial charge in [0.2, 0.25) is 0 Å². The zero-order valence-electron chi connectivity index (χ0n) is 14.2. The number of hydrogen-bond acceptors (Lipinski definition) is 1. The first-order valence-electron chi connectivity index (χ1n) is 8.44. The molecule has 0 aliphatic carbocycles. The standard InChI is InChI=1S/C23H18BrNO/c1-2-17-3-5-18(6-4-17)16-26-22-11-12-23-19(15-22)13-14-25(23)21-9-7-20(24)8-10-21/h2-15H,1,16H2. The van der Waals surface area contributed by atoms with E-state index in [2.05, 4.69) is 87.9 Å². The fourth-order valence-electron chi connectivity index (χ4n) is 2.95. The summed E-state index contributed by atoms with van der Waals surface area (Å²) in [4.78, 5) is 0. The molecule has 128 valence electrons. The summed E-state index contributed by atoms with van der Waals surface area (Å²) in [7, 11) is 0. The lowest BCUT2D eigenvalue weighted by Gasteiger charge is -2.09. The third-order valence-electron chi connectivity index (χ3n) is 4.39. The van der Waals surface area contributed by atoms with Crippen LogP contribution >= 0.6 is 15.9 Å². The Morgan fingerprint density at radius 2 is 1.69 bits per heavy atom. The van der Waals surface area contributed by atoms with Crippen LogP contribution < -0.4 is 4.74 Å². The van der Waals surface area contributed by atoms with Gasteiger partial charge >= 0.3 is 0 Å². The summed E-state index contributed by atoms with van der Waals surface area (Å²) in [6, 6.07) is 24.9. The topological polar surface area (TPSA) is 14.2 Å². The Balaban J connectivity index is 1.54. The average molecular weight is 404 g/mol. The number of halogens is 1. The van der Waals surface area contributed by atoms with Gasteiger partial charge in [0.1, 0.15) is 12.4 Å². The maximum absolute atomic E-state index is 5.96. The van der Waals surface area contributed by atoms with E-state index in [1.165, 1.54) is 0 Å². The maximum Gasteiger partial charge on any atom is 0.120 e. The fourth-order valence-corrected chi connectivity index (χ4v) is 3.22. The fraction of sp³-hybridized carbons (Fsp3) is 0.0435. The molecule has 26 heavy (non-hydrogen) atoms. The number of fused-ring (bicyclic) bond motifs is 1. The molecule has 0 unspecified atom stereocenters. The number of nitrogens with zero attached hydrogens (tertiary/aromatic N) is 1. The molecule has 0 bridgehead atoms. The molecule has 1 aromatic heterocycles. The van der Waals surface area contributed by atoms with Crippen LogP contribution in [0.4, 0.5) is 0 Å². The largest absolute Gasteiger partial charge is 0.489 e. The van der Waals surface area contributed by atoms with Gasteiger partial charge in [0.15, 0.2) is 0 Å². The lowest BCUT2D eigenvalue weighted by atomic mass is 10.1. The summed E-state index contributed by atoms with van der Waals surface area (Å²) in [5.74, 6) is 0.874. The van der Waals surface area contributed by atoms with Crippen molar-refractivity contribution in [2.75, 3.05) is 0 Å². The Morgan fingerprint density at radius 1 is 0.923 bits per heavy atom. The first-order valence-corrected chi connectivity index (χ1v) is 9.23. The minimum Gasteiger partial charge on any atom is -0.489 e. The molecule has 0 saturated heterocycles. The van der Waals surface area contributed by atoms with Crippen molar-refractivity contribution in [1.29, 1.82) is 0 Å². The summed E-state index contributed by atoms with van der Waals surface area (Å²) < 4.78 is 9.22. The Kier molecular flexibility index (Phi) is 4.63. The molecule has 0 aliphatic rings. The van der Waals surface area contributed by atoms with E-state index in [0.29, 0.717) is 6.61 Å². The lowest BCUT2D eigenvalue weighted by molar-refractivity contribution is 0.306. The van der Waals surface area contributed by atoms with E-state index < -0.39 is 0 Å². The van der Waals surface area contributed by atoms with Crippen LogP contribution in [0.15, 0.2) is 90.0 Å². The SMILES string of the molecule is C=Cc1ccc(COc2ccc3c(ccn3-c3ccc(Br)cc3)c2)cc1. The highest BCUT2D eigenvalue weighted by Crippen LogP contribution is 2.26. The van der Waals surface area contributed by atoms with Crippen molar-refractivity contribution < 1.29 is 4.74 Å². The van der Waals surface area contributed by atoms with Crippen molar-refractivity contribution in [3.8, 4) is 11.4 Å². The van der Waals surface area contributed by atoms with Gasteiger partial charge in [-0.25, -0.2) is 0 Å².